The molecule has 0 aliphatic heterocycles. The lowest BCUT2D eigenvalue weighted by molar-refractivity contribution is 0.0652. The summed E-state index contributed by atoms with van der Waals surface area (Å²) in [6.45, 7) is 1.87. The van der Waals surface area contributed by atoms with Crippen LogP contribution < -0.4 is 14.2 Å². The van der Waals surface area contributed by atoms with Crippen molar-refractivity contribution in [2.24, 2.45) is 0 Å². The molecular weight excluding hydrogens is 508 g/mol. The lowest BCUT2D eigenvalue weighted by Crippen LogP contribution is -2.27. The predicted molar refractivity (Wildman–Crippen MR) is 139 cm³/mol. The number of aliphatic hydroxyl groups is 1. The molecule has 1 aliphatic rings. The first-order chi connectivity index (χ1) is 18.3. The quantitative estimate of drug-likeness (QED) is 0.321. The molecule has 2 heterocycles. The Balaban J connectivity index is 1.42. The van der Waals surface area contributed by atoms with Gasteiger partial charge in [-0.1, -0.05) is 0 Å². The number of nitrogens with one attached hydrogen (secondary N) is 2. The summed E-state index contributed by atoms with van der Waals surface area (Å²) in [7, 11) is -2.63. The summed E-state index contributed by atoms with van der Waals surface area (Å²) >= 11 is 0. The number of hydrogen-bond acceptors (Lipinski definition) is 9. The van der Waals surface area contributed by atoms with Crippen LogP contribution in [0.1, 0.15) is 36.9 Å². The molecule has 38 heavy (non-hydrogen) atoms. The Morgan fingerprint density at radius 3 is 2.53 bits per heavy atom. The molecule has 0 unspecified atom stereocenters. The second-order valence-corrected chi connectivity index (χ2v) is 10.8. The zero-order valence-corrected chi connectivity index (χ0v) is 21.6. The summed E-state index contributed by atoms with van der Waals surface area (Å²) in [6, 6.07) is 12.7. The van der Waals surface area contributed by atoms with E-state index in [1.807, 2.05) is 13.0 Å². The van der Waals surface area contributed by atoms with Crippen LogP contribution in [0.2, 0.25) is 0 Å². The van der Waals surface area contributed by atoms with Crippen LogP contribution in [-0.4, -0.2) is 53.0 Å². The summed E-state index contributed by atoms with van der Waals surface area (Å²) in [6.07, 6.45) is 2.46. The number of fused-ring (bicyclic) bond motifs is 1. The van der Waals surface area contributed by atoms with Crippen LogP contribution in [-0.2, 0) is 10.0 Å². The Morgan fingerprint density at radius 1 is 1.11 bits per heavy atom. The minimum absolute atomic E-state index is 0.00548. The van der Waals surface area contributed by atoms with Gasteiger partial charge in [0.05, 0.1) is 18.8 Å². The molecule has 4 aromatic rings. The molecular formula is C26H26N6O5S. The van der Waals surface area contributed by atoms with Gasteiger partial charge in [-0.15, -0.1) is 0 Å². The van der Waals surface area contributed by atoms with Gasteiger partial charge in [-0.2, -0.15) is 15.3 Å². The zero-order chi connectivity index (χ0) is 26.9. The number of aromatic nitrogens is 4. The van der Waals surface area contributed by atoms with E-state index in [-0.39, 0.29) is 22.7 Å². The van der Waals surface area contributed by atoms with Crippen LogP contribution in [0.25, 0.3) is 22.4 Å². The van der Waals surface area contributed by atoms with Crippen LogP contribution >= 0.6 is 0 Å². The van der Waals surface area contributed by atoms with Gasteiger partial charge in [-0.3, -0.25) is 9.82 Å². The Bertz CT molecular complexity index is 1620. The highest BCUT2D eigenvalue weighted by molar-refractivity contribution is 7.92. The van der Waals surface area contributed by atoms with E-state index >= 15 is 0 Å². The van der Waals surface area contributed by atoms with Crippen LogP contribution in [0, 0.1) is 18.3 Å². The van der Waals surface area contributed by atoms with Crippen LogP contribution in [0.15, 0.2) is 47.4 Å². The predicted octanol–water partition coefficient (Wildman–Crippen LogP) is 3.69. The van der Waals surface area contributed by atoms with Crippen molar-refractivity contribution in [3.8, 4) is 29.1 Å². The van der Waals surface area contributed by atoms with E-state index in [0.717, 1.165) is 18.5 Å². The van der Waals surface area contributed by atoms with E-state index < -0.39 is 10.0 Å². The number of hydrogen-bond donors (Lipinski definition) is 3. The molecule has 2 aromatic heterocycles. The van der Waals surface area contributed by atoms with Gasteiger partial charge >= 0.3 is 0 Å². The number of aliphatic hydroxyl groups excluding tert-OH is 1. The number of anilines is 1. The summed E-state index contributed by atoms with van der Waals surface area (Å²) < 4.78 is 39.9. The molecule has 12 heteroatoms. The van der Waals surface area contributed by atoms with E-state index in [9.17, 15) is 18.8 Å². The zero-order valence-electron chi connectivity index (χ0n) is 20.8. The summed E-state index contributed by atoms with van der Waals surface area (Å²) in [4.78, 5) is 9.05. The van der Waals surface area contributed by atoms with E-state index in [0.29, 0.717) is 52.6 Å². The Kier molecular flexibility index (Phi) is 6.88. The van der Waals surface area contributed by atoms with Crippen molar-refractivity contribution in [3.05, 3.63) is 53.7 Å². The van der Waals surface area contributed by atoms with Crippen molar-refractivity contribution in [1.29, 1.82) is 5.26 Å². The first-order valence-corrected chi connectivity index (χ1v) is 13.5. The average Bonchev–Trinajstić information content (AvgIpc) is 3.30. The normalized spacial score (nSPS) is 17.6. The molecule has 0 amide bonds. The third-order valence-corrected chi connectivity index (χ3v) is 7.90. The van der Waals surface area contributed by atoms with Crippen LogP contribution in [0.4, 0.5) is 5.69 Å². The molecule has 1 aliphatic carbocycles. The molecule has 3 N–H and O–H groups in total. The SMILES string of the molecule is COc1ccc(C#N)c(S(=O)(=O)Nc2ccc(-c3nc(OC4CCC(O)CC4)c4c(C)[nH]nc4n3)cc2)c1. The van der Waals surface area contributed by atoms with Gasteiger partial charge in [0.15, 0.2) is 11.5 Å². The molecule has 2 aromatic carbocycles. The van der Waals surface area contributed by atoms with E-state index in [2.05, 4.69) is 24.9 Å². The van der Waals surface area contributed by atoms with Crippen molar-refractivity contribution in [2.75, 3.05) is 11.8 Å². The number of ether oxygens (including phenoxy) is 2. The first-order valence-electron chi connectivity index (χ1n) is 12.1. The molecule has 1 saturated carbocycles. The fourth-order valence-electron chi connectivity index (χ4n) is 4.41. The minimum Gasteiger partial charge on any atom is -0.497 e. The number of benzene rings is 2. The van der Waals surface area contributed by atoms with Gasteiger partial charge in [0, 0.05) is 23.0 Å². The molecule has 0 radical (unpaired) electrons. The Morgan fingerprint density at radius 2 is 1.84 bits per heavy atom. The van der Waals surface area contributed by atoms with Crippen molar-refractivity contribution in [2.45, 2.75) is 49.7 Å². The smallest absolute Gasteiger partial charge is 0.263 e. The fraction of sp³-hybridized carbons (Fsp3) is 0.308. The number of nitriles is 1. The highest BCUT2D eigenvalue weighted by Crippen LogP contribution is 2.32. The third kappa shape index (κ3) is 5.11. The van der Waals surface area contributed by atoms with Crippen molar-refractivity contribution >= 4 is 26.7 Å². The molecule has 0 saturated heterocycles. The fourth-order valence-corrected chi connectivity index (χ4v) is 5.64. The lowest BCUT2D eigenvalue weighted by atomic mass is 9.95. The summed E-state index contributed by atoms with van der Waals surface area (Å²) in [5.74, 6) is 1.12. The van der Waals surface area contributed by atoms with Gasteiger partial charge in [-0.25, -0.2) is 13.4 Å². The number of nitrogens with zero attached hydrogens (tertiary/aromatic N) is 4. The Labute approximate surface area is 219 Å². The van der Waals surface area contributed by atoms with Gasteiger partial charge in [0.1, 0.15) is 28.2 Å². The van der Waals surface area contributed by atoms with Gasteiger partial charge in [-0.05, 0) is 69.0 Å². The third-order valence-electron chi connectivity index (χ3n) is 6.48. The molecule has 5 rings (SSSR count). The average molecular weight is 535 g/mol. The molecule has 1 fully saturated rings. The van der Waals surface area contributed by atoms with E-state index in [4.69, 9.17) is 9.47 Å². The molecule has 196 valence electrons. The van der Waals surface area contributed by atoms with Crippen molar-refractivity contribution in [1.82, 2.24) is 20.2 Å². The summed E-state index contributed by atoms with van der Waals surface area (Å²) in [5.41, 5.74) is 2.19. The van der Waals surface area contributed by atoms with E-state index in [1.54, 1.807) is 24.3 Å². The number of rotatable bonds is 7. The highest BCUT2D eigenvalue weighted by Gasteiger charge is 2.24. The largest absolute Gasteiger partial charge is 0.497 e. The minimum atomic E-state index is -4.05. The maximum Gasteiger partial charge on any atom is 0.263 e. The topological polar surface area (TPSA) is 163 Å². The highest BCUT2D eigenvalue weighted by atomic mass is 32.2. The number of H-pyrrole nitrogens is 1. The number of sulfonamides is 1. The lowest BCUT2D eigenvalue weighted by Gasteiger charge is -2.26. The molecule has 0 bridgehead atoms. The number of aryl methyl sites for hydroxylation is 1. The van der Waals surface area contributed by atoms with Crippen LogP contribution in [0.3, 0.4) is 0 Å². The summed E-state index contributed by atoms with van der Waals surface area (Å²) in [5, 5.41) is 27.1. The second-order valence-electron chi connectivity index (χ2n) is 9.10. The Hall–Kier alpha value is -4.21. The number of aromatic amines is 1. The maximum atomic E-state index is 13.0. The van der Waals surface area contributed by atoms with Crippen LogP contribution in [0.5, 0.6) is 11.6 Å². The van der Waals surface area contributed by atoms with Gasteiger partial charge in [0.25, 0.3) is 10.0 Å². The van der Waals surface area contributed by atoms with Gasteiger partial charge in [0.2, 0.25) is 5.88 Å². The maximum absolute atomic E-state index is 13.0. The molecule has 0 atom stereocenters. The van der Waals surface area contributed by atoms with Crippen molar-refractivity contribution in [3.63, 3.8) is 0 Å². The number of methoxy groups -OCH3 is 1. The van der Waals surface area contributed by atoms with E-state index in [1.165, 1.54) is 25.3 Å². The first kappa shape index (κ1) is 25.4. The molecule has 11 nitrogen and oxygen atoms in total. The standard InChI is InChI=1S/C26H26N6O5S/c1-15-23-25(31-30-15)28-24(29-26(23)37-20-11-8-19(33)9-12-20)16-3-6-18(7-4-16)32-38(34,35)22-13-21(36-2)10-5-17(22)14-27/h3-7,10,13,19-20,32-33H,8-9,11-12H2,1-2H3,(H,28,29,30,31). The van der Waals surface area contributed by atoms with Gasteiger partial charge < -0.3 is 14.6 Å². The monoisotopic (exact) mass is 534 g/mol. The second kappa shape index (κ2) is 10.3. The molecule has 0 spiro atoms. The van der Waals surface area contributed by atoms with Crippen molar-refractivity contribution < 1.29 is 23.0 Å².